The first kappa shape index (κ1) is 19.4. The van der Waals surface area contributed by atoms with E-state index in [-0.39, 0.29) is 17.6 Å². The average Bonchev–Trinajstić information content (AvgIpc) is 2.64. The fraction of sp³-hybridized carbons (Fsp3) is 0.524. The number of phenolic OH excluding ortho intramolecular Hbond substituents is 1. The van der Waals surface area contributed by atoms with Crippen LogP contribution in [-0.4, -0.2) is 30.8 Å². The third-order valence-corrected chi connectivity index (χ3v) is 5.43. The first-order valence-electron chi connectivity index (χ1n) is 9.72. The first-order chi connectivity index (χ1) is 12.9. The number of fused-ring (bicyclic) bond motifs is 1. The molecular formula is C21H28NO5+. The van der Waals surface area contributed by atoms with Crippen LogP contribution in [0.5, 0.6) is 5.75 Å². The number of aryl methyl sites for hydroxylation is 2. The summed E-state index contributed by atoms with van der Waals surface area (Å²) in [6.45, 7) is 8.15. The summed E-state index contributed by atoms with van der Waals surface area (Å²) in [5, 5.41) is 11.7. The van der Waals surface area contributed by atoms with Gasteiger partial charge in [0, 0.05) is 11.5 Å². The molecule has 1 unspecified atom stereocenters. The molecule has 1 aliphatic heterocycles. The molecule has 0 amide bonds. The highest BCUT2D eigenvalue weighted by Gasteiger charge is 2.31. The lowest BCUT2D eigenvalue weighted by Gasteiger charge is -2.29. The number of carbonyl (C=O) groups is 1. The summed E-state index contributed by atoms with van der Waals surface area (Å²) >= 11 is 0. The van der Waals surface area contributed by atoms with Crippen LogP contribution in [0, 0.1) is 12.8 Å². The Hall–Kier alpha value is -2.34. The normalized spacial score (nSPS) is 20.0. The van der Waals surface area contributed by atoms with Crippen molar-refractivity contribution < 1.29 is 24.0 Å². The van der Waals surface area contributed by atoms with Gasteiger partial charge in [0.15, 0.2) is 5.58 Å². The lowest BCUT2D eigenvalue weighted by molar-refractivity contribution is -0.921. The van der Waals surface area contributed by atoms with Crippen LogP contribution < -0.4 is 10.5 Å². The van der Waals surface area contributed by atoms with Gasteiger partial charge in [-0.1, -0.05) is 6.92 Å². The van der Waals surface area contributed by atoms with Gasteiger partial charge in [-0.05, 0) is 50.3 Å². The van der Waals surface area contributed by atoms with Gasteiger partial charge >= 0.3 is 11.6 Å². The van der Waals surface area contributed by atoms with Crippen LogP contribution in [0.1, 0.15) is 43.4 Å². The molecule has 3 rings (SSSR count). The quantitative estimate of drug-likeness (QED) is 0.615. The van der Waals surface area contributed by atoms with Crippen molar-refractivity contribution in [1.29, 1.82) is 0 Å². The molecule has 2 aromatic rings. The zero-order valence-corrected chi connectivity index (χ0v) is 16.3. The predicted octanol–water partition coefficient (Wildman–Crippen LogP) is 1.73. The SMILES string of the molecule is CCOC(=O)[C@@H]1CCC[NH+](Cc2c(O)c(CC)cc3c(C)cc(=O)oc23)C1. The predicted molar refractivity (Wildman–Crippen MR) is 102 cm³/mol. The molecule has 1 fully saturated rings. The number of ether oxygens (including phenoxy) is 1. The van der Waals surface area contributed by atoms with Crippen molar-refractivity contribution in [1.82, 2.24) is 0 Å². The Morgan fingerprint density at radius 3 is 2.85 bits per heavy atom. The molecule has 27 heavy (non-hydrogen) atoms. The number of quaternary nitrogens is 1. The number of carbonyl (C=O) groups excluding carboxylic acids is 1. The van der Waals surface area contributed by atoms with Crippen LogP contribution in [-0.2, 0) is 22.5 Å². The number of aromatic hydroxyl groups is 1. The largest absolute Gasteiger partial charge is 0.507 e. The molecule has 0 saturated carbocycles. The van der Waals surface area contributed by atoms with E-state index in [9.17, 15) is 14.7 Å². The van der Waals surface area contributed by atoms with E-state index in [0.717, 1.165) is 35.9 Å². The summed E-state index contributed by atoms with van der Waals surface area (Å²) in [5.74, 6) is -0.0665. The van der Waals surface area contributed by atoms with Crippen molar-refractivity contribution in [3.63, 3.8) is 0 Å². The molecule has 2 atom stereocenters. The van der Waals surface area contributed by atoms with E-state index in [1.54, 1.807) is 0 Å². The first-order valence-corrected chi connectivity index (χ1v) is 9.72. The molecule has 2 heterocycles. The van der Waals surface area contributed by atoms with Gasteiger partial charge in [0.05, 0.1) is 25.3 Å². The van der Waals surface area contributed by atoms with Gasteiger partial charge in [-0.3, -0.25) is 4.79 Å². The van der Waals surface area contributed by atoms with Gasteiger partial charge in [-0.2, -0.15) is 0 Å². The monoisotopic (exact) mass is 374 g/mol. The zero-order valence-electron chi connectivity index (χ0n) is 16.3. The van der Waals surface area contributed by atoms with Crippen molar-refractivity contribution >= 4 is 16.9 Å². The molecule has 146 valence electrons. The van der Waals surface area contributed by atoms with Crippen molar-refractivity contribution in [3.8, 4) is 5.75 Å². The summed E-state index contributed by atoms with van der Waals surface area (Å²) in [4.78, 5) is 25.2. The Morgan fingerprint density at radius 1 is 1.37 bits per heavy atom. The fourth-order valence-corrected chi connectivity index (χ4v) is 4.02. The van der Waals surface area contributed by atoms with Crippen LogP contribution in [0.2, 0.25) is 0 Å². The van der Waals surface area contributed by atoms with Crippen molar-refractivity contribution in [3.05, 3.63) is 39.2 Å². The van der Waals surface area contributed by atoms with Crippen molar-refractivity contribution in [2.24, 2.45) is 5.92 Å². The number of nitrogens with one attached hydrogen (secondary N) is 1. The Labute approximate surface area is 158 Å². The van der Waals surface area contributed by atoms with Gasteiger partial charge in [-0.15, -0.1) is 0 Å². The van der Waals surface area contributed by atoms with Crippen LogP contribution in [0.25, 0.3) is 11.0 Å². The molecule has 0 aliphatic carbocycles. The van der Waals surface area contributed by atoms with E-state index in [0.29, 0.717) is 37.3 Å². The number of benzene rings is 1. The molecule has 1 aromatic carbocycles. The molecule has 2 N–H and O–H groups in total. The minimum absolute atomic E-state index is 0.120. The summed E-state index contributed by atoms with van der Waals surface area (Å²) in [5.41, 5.74) is 2.39. The second kappa shape index (κ2) is 8.13. The van der Waals surface area contributed by atoms with Gasteiger partial charge < -0.3 is 19.2 Å². The van der Waals surface area contributed by atoms with Crippen molar-refractivity contribution in [2.45, 2.75) is 46.6 Å². The van der Waals surface area contributed by atoms with E-state index in [1.165, 1.54) is 11.0 Å². The highest BCUT2D eigenvalue weighted by Crippen LogP contribution is 2.32. The maximum absolute atomic E-state index is 12.1. The summed E-state index contributed by atoms with van der Waals surface area (Å²) in [6.07, 6.45) is 2.44. The Morgan fingerprint density at radius 2 is 2.15 bits per heavy atom. The van der Waals surface area contributed by atoms with Crippen LogP contribution in [0.3, 0.4) is 0 Å². The Balaban J connectivity index is 1.97. The zero-order chi connectivity index (χ0) is 19.6. The number of phenols is 1. The Bertz CT molecular complexity index is 902. The van der Waals surface area contributed by atoms with Crippen LogP contribution in [0.15, 0.2) is 21.3 Å². The third-order valence-electron chi connectivity index (χ3n) is 5.43. The van der Waals surface area contributed by atoms with Gasteiger partial charge in [0.2, 0.25) is 0 Å². The van der Waals surface area contributed by atoms with E-state index in [2.05, 4.69) is 0 Å². The molecule has 0 spiro atoms. The lowest BCUT2D eigenvalue weighted by atomic mass is 9.96. The molecule has 0 radical (unpaired) electrons. The van der Waals surface area contributed by atoms with Crippen LogP contribution in [0.4, 0.5) is 0 Å². The molecule has 1 aromatic heterocycles. The fourth-order valence-electron chi connectivity index (χ4n) is 4.02. The average molecular weight is 374 g/mol. The maximum atomic E-state index is 12.1. The number of likely N-dealkylation sites (tertiary alicyclic amines) is 1. The minimum Gasteiger partial charge on any atom is -0.507 e. The van der Waals surface area contributed by atoms with Gasteiger partial charge in [-0.25, -0.2) is 4.79 Å². The molecular weight excluding hydrogens is 346 g/mol. The van der Waals surface area contributed by atoms with E-state index < -0.39 is 5.63 Å². The highest BCUT2D eigenvalue weighted by molar-refractivity contribution is 5.86. The molecule has 6 heteroatoms. The molecule has 1 aliphatic rings. The smallest absolute Gasteiger partial charge is 0.336 e. The number of hydrogen-bond donors (Lipinski definition) is 2. The second-order valence-corrected chi connectivity index (χ2v) is 7.31. The number of rotatable bonds is 5. The topological polar surface area (TPSA) is 81.2 Å². The summed E-state index contributed by atoms with van der Waals surface area (Å²) < 4.78 is 10.7. The van der Waals surface area contributed by atoms with E-state index in [4.69, 9.17) is 9.15 Å². The summed E-state index contributed by atoms with van der Waals surface area (Å²) in [7, 11) is 0. The highest BCUT2D eigenvalue weighted by atomic mass is 16.5. The summed E-state index contributed by atoms with van der Waals surface area (Å²) in [6, 6.07) is 3.38. The number of esters is 1. The standard InChI is InChI=1S/C21H27NO5/c1-4-14-10-16-13(3)9-18(23)27-20(16)17(19(14)24)12-22-8-6-7-15(11-22)21(25)26-5-2/h9-10,15,24H,4-8,11-12H2,1-3H3/p+1/t15-/m1/s1. The van der Waals surface area contributed by atoms with Crippen LogP contribution >= 0.6 is 0 Å². The molecule has 1 saturated heterocycles. The van der Waals surface area contributed by atoms with E-state index in [1.807, 2.05) is 26.8 Å². The second-order valence-electron chi connectivity index (χ2n) is 7.31. The van der Waals surface area contributed by atoms with Gasteiger partial charge in [0.25, 0.3) is 0 Å². The van der Waals surface area contributed by atoms with E-state index >= 15 is 0 Å². The number of hydrogen-bond acceptors (Lipinski definition) is 5. The minimum atomic E-state index is -0.414. The lowest BCUT2D eigenvalue weighted by Crippen LogP contribution is -3.12. The molecule has 6 nitrogen and oxygen atoms in total. The van der Waals surface area contributed by atoms with Gasteiger partial charge in [0.1, 0.15) is 18.2 Å². The Kier molecular flexibility index (Phi) is 5.85. The molecule has 0 bridgehead atoms. The van der Waals surface area contributed by atoms with Crippen molar-refractivity contribution in [2.75, 3.05) is 19.7 Å². The maximum Gasteiger partial charge on any atom is 0.336 e. The number of piperidine rings is 1. The third kappa shape index (κ3) is 4.00.